The molecule has 1 atom stereocenters. The molecule has 170 valence electrons. The Bertz CT molecular complexity index is 1260. The third-order valence-electron chi connectivity index (χ3n) is 4.07. The van der Waals surface area contributed by atoms with Gasteiger partial charge in [-0.1, -0.05) is 0 Å². The molecule has 32 heavy (non-hydrogen) atoms. The maximum absolute atomic E-state index is 13.6. The number of benzene rings is 1. The number of aromatic nitrogens is 4. The van der Waals surface area contributed by atoms with Crippen molar-refractivity contribution in [2.45, 2.75) is 19.1 Å². The Hall–Kier alpha value is -3.35. The van der Waals surface area contributed by atoms with E-state index in [4.69, 9.17) is 0 Å². The fourth-order valence-electron chi connectivity index (χ4n) is 2.76. The lowest BCUT2D eigenvalue weighted by Gasteiger charge is -2.15. The van der Waals surface area contributed by atoms with Crippen LogP contribution in [0.1, 0.15) is 34.7 Å². The molecule has 2 aromatic heterocycles. The van der Waals surface area contributed by atoms with Gasteiger partial charge in [0.25, 0.3) is 5.91 Å². The Morgan fingerprint density at radius 3 is 2.50 bits per heavy atom. The Morgan fingerprint density at radius 1 is 1.19 bits per heavy atom. The topological polar surface area (TPSA) is 102 Å². The molecule has 3 rings (SSSR count). The molecule has 0 saturated heterocycles. The van der Waals surface area contributed by atoms with E-state index in [1.54, 1.807) is 12.1 Å². The third-order valence-corrected chi connectivity index (χ3v) is 4.72. The number of hydrogen-bond acceptors (Lipinski definition) is 6. The Kier molecular flexibility index (Phi) is 6.30. The van der Waals surface area contributed by atoms with Gasteiger partial charge in [-0.05, 0) is 37.3 Å². The van der Waals surface area contributed by atoms with Crippen LogP contribution in [0.25, 0.3) is 5.82 Å². The number of rotatable bonds is 5. The summed E-state index contributed by atoms with van der Waals surface area (Å²) < 4.78 is 69.5. The summed E-state index contributed by atoms with van der Waals surface area (Å²) in [6.45, 7) is 1.54. The minimum Gasteiger partial charge on any atom is -0.342 e. The van der Waals surface area contributed by atoms with E-state index in [2.05, 4.69) is 24.7 Å². The van der Waals surface area contributed by atoms with Crippen LogP contribution in [0.2, 0.25) is 0 Å². The van der Waals surface area contributed by atoms with E-state index in [1.807, 2.05) is 0 Å². The van der Waals surface area contributed by atoms with E-state index in [0.29, 0.717) is 29.7 Å². The highest BCUT2D eigenvalue weighted by Gasteiger charge is 2.32. The van der Waals surface area contributed by atoms with Gasteiger partial charge in [0, 0.05) is 27.8 Å². The highest BCUT2D eigenvalue weighted by atomic mass is 32.2. The predicted molar refractivity (Wildman–Crippen MR) is 109 cm³/mol. The van der Waals surface area contributed by atoms with Crippen molar-refractivity contribution in [3.63, 3.8) is 0 Å². The van der Waals surface area contributed by atoms with E-state index >= 15 is 0 Å². The quantitative estimate of drug-likeness (QED) is 0.574. The molecule has 0 radical (unpaired) electrons. The summed E-state index contributed by atoms with van der Waals surface area (Å²) in [5.74, 6) is -1.54. The van der Waals surface area contributed by atoms with Crippen LogP contribution in [0.5, 0.6) is 0 Å². The van der Waals surface area contributed by atoms with Crippen molar-refractivity contribution < 1.29 is 26.6 Å². The average molecular weight is 470 g/mol. The van der Waals surface area contributed by atoms with Gasteiger partial charge in [0.15, 0.2) is 11.6 Å². The van der Waals surface area contributed by atoms with Crippen molar-refractivity contribution in [1.29, 1.82) is 0 Å². The summed E-state index contributed by atoms with van der Waals surface area (Å²) in [5.41, 5.74) is -1.35. The van der Waals surface area contributed by atoms with Crippen LogP contribution >= 0.6 is 0 Å². The van der Waals surface area contributed by atoms with Crippen molar-refractivity contribution >= 4 is 21.3 Å². The van der Waals surface area contributed by atoms with Crippen molar-refractivity contribution in [2.75, 3.05) is 12.5 Å². The fourth-order valence-corrected chi connectivity index (χ4v) is 3.38. The van der Waals surface area contributed by atoms with E-state index in [1.165, 1.54) is 36.6 Å². The van der Waals surface area contributed by atoms with Crippen molar-refractivity contribution in [3.05, 3.63) is 65.6 Å². The Labute approximate surface area is 180 Å². The smallest absolute Gasteiger partial charge is 0.342 e. The number of nitrogens with one attached hydrogen (secondary N) is 1. The van der Waals surface area contributed by atoms with E-state index in [-0.39, 0.29) is 5.82 Å². The van der Waals surface area contributed by atoms with Gasteiger partial charge < -0.3 is 5.32 Å². The Balaban J connectivity index is 1.83. The second-order valence-corrected chi connectivity index (χ2v) is 9.64. The molecule has 0 aliphatic carbocycles. The molecular weight excluding hydrogens is 452 g/mol. The predicted octanol–water partition coefficient (Wildman–Crippen LogP) is 3.67. The summed E-state index contributed by atoms with van der Waals surface area (Å²) in [7, 11) is -2.37. The normalized spacial score (nSPS) is 13.0. The first-order valence-electron chi connectivity index (χ1n) is 9.05. The van der Waals surface area contributed by atoms with Gasteiger partial charge in [-0.2, -0.15) is 27.3 Å². The number of amides is 1. The van der Waals surface area contributed by atoms with Gasteiger partial charge in [-0.3, -0.25) is 4.79 Å². The molecule has 1 amide bonds. The van der Waals surface area contributed by atoms with Crippen LogP contribution in [0.4, 0.5) is 23.2 Å². The number of pyridine rings is 1. The first kappa shape index (κ1) is 23.3. The summed E-state index contributed by atoms with van der Waals surface area (Å²) in [4.78, 5) is 20.7. The molecule has 1 N–H and O–H groups in total. The van der Waals surface area contributed by atoms with Crippen LogP contribution in [0.3, 0.4) is 0 Å². The SMILES string of the molecule is C[C@H](NC(=O)c1cc(F)cc(C(F)(F)F)c1)c1ncnn1-c1ccc(N=S(C)(C)=O)cn1. The van der Waals surface area contributed by atoms with Crippen LogP contribution < -0.4 is 5.32 Å². The molecular formula is C19H18F4N6O2S. The Morgan fingerprint density at radius 2 is 1.91 bits per heavy atom. The largest absolute Gasteiger partial charge is 0.416 e. The zero-order valence-corrected chi connectivity index (χ0v) is 17.9. The molecule has 0 unspecified atom stereocenters. The molecule has 0 aliphatic rings. The highest BCUT2D eigenvalue weighted by Crippen LogP contribution is 2.30. The molecule has 0 fully saturated rings. The first-order chi connectivity index (χ1) is 14.8. The molecule has 2 heterocycles. The van der Waals surface area contributed by atoms with Gasteiger partial charge in [0.2, 0.25) is 0 Å². The van der Waals surface area contributed by atoms with Crippen LogP contribution in [0.15, 0.2) is 47.2 Å². The minimum absolute atomic E-state index is 0.234. The fraction of sp³-hybridized carbons (Fsp3) is 0.263. The van der Waals surface area contributed by atoms with E-state index in [9.17, 15) is 26.6 Å². The number of halogens is 4. The molecule has 1 aromatic carbocycles. The molecule has 0 bridgehead atoms. The monoisotopic (exact) mass is 470 g/mol. The number of carbonyl (C=O) groups excluding carboxylic acids is 1. The average Bonchev–Trinajstić information content (AvgIpc) is 3.16. The van der Waals surface area contributed by atoms with E-state index < -0.39 is 44.8 Å². The number of nitrogens with zero attached hydrogens (tertiary/aromatic N) is 5. The van der Waals surface area contributed by atoms with Crippen molar-refractivity contribution in [1.82, 2.24) is 25.1 Å². The second kappa shape index (κ2) is 8.65. The lowest BCUT2D eigenvalue weighted by Crippen LogP contribution is -2.29. The summed E-state index contributed by atoms with van der Waals surface area (Å²) in [6.07, 6.45) is 0.777. The van der Waals surface area contributed by atoms with Crippen LogP contribution in [0, 0.1) is 5.82 Å². The van der Waals surface area contributed by atoms with Gasteiger partial charge in [-0.15, -0.1) is 0 Å². The van der Waals surface area contributed by atoms with Crippen LogP contribution in [-0.2, 0) is 15.9 Å². The zero-order valence-electron chi connectivity index (χ0n) is 17.1. The van der Waals surface area contributed by atoms with Gasteiger partial charge in [0.1, 0.15) is 12.1 Å². The maximum Gasteiger partial charge on any atom is 0.416 e. The van der Waals surface area contributed by atoms with Gasteiger partial charge >= 0.3 is 6.18 Å². The lowest BCUT2D eigenvalue weighted by atomic mass is 10.1. The van der Waals surface area contributed by atoms with Gasteiger partial charge in [0.05, 0.1) is 23.5 Å². The minimum atomic E-state index is -4.80. The molecule has 0 saturated carbocycles. The summed E-state index contributed by atoms with van der Waals surface area (Å²) in [5, 5.41) is 6.52. The molecule has 13 heteroatoms. The van der Waals surface area contributed by atoms with E-state index in [0.717, 1.165) is 0 Å². The summed E-state index contributed by atoms with van der Waals surface area (Å²) in [6, 6.07) is 3.92. The highest BCUT2D eigenvalue weighted by molar-refractivity contribution is 7.92. The number of carbonyl (C=O) groups is 1. The van der Waals surface area contributed by atoms with Crippen molar-refractivity contribution in [3.8, 4) is 5.82 Å². The first-order valence-corrected chi connectivity index (χ1v) is 11.4. The molecule has 3 aromatic rings. The molecule has 8 nitrogen and oxygen atoms in total. The molecule has 0 spiro atoms. The third kappa shape index (κ3) is 5.66. The number of hydrogen-bond donors (Lipinski definition) is 1. The number of alkyl halides is 3. The van der Waals surface area contributed by atoms with Crippen molar-refractivity contribution in [2.24, 2.45) is 4.36 Å². The molecule has 0 aliphatic heterocycles. The second-order valence-electron chi connectivity index (χ2n) is 7.10. The standard InChI is InChI=1S/C19H18F4N6O2S/c1-11(27-18(30)12-6-13(19(21,22)23)8-14(20)7-12)17-25-10-26-29(17)16-5-4-15(9-24-16)28-32(2,3)31/h4-11H,1-3H3,(H,27,30)/t11-/m0/s1. The lowest BCUT2D eigenvalue weighted by molar-refractivity contribution is -0.137. The summed E-state index contributed by atoms with van der Waals surface area (Å²) >= 11 is 0. The van der Waals surface area contributed by atoms with Gasteiger partial charge in [-0.25, -0.2) is 18.6 Å². The maximum atomic E-state index is 13.6. The van der Waals surface area contributed by atoms with Crippen LogP contribution in [-0.4, -0.2) is 42.4 Å². The zero-order chi connectivity index (χ0) is 23.7.